The molecule has 0 radical (unpaired) electrons. The van der Waals surface area contributed by atoms with Gasteiger partial charge in [0.2, 0.25) is 5.89 Å². The van der Waals surface area contributed by atoms with Crippen LogP contribution in [0.4, 0.5) is 10.1 Å². The van der Waals surface area contributed by atoms with E-state index in [9.17, 15) is 4.39 Å². The van der Waals surface area contributed by atoms with Crippen molar-refractivity contribution in [2.24, 2.45) is 0 Å². The second kappa shape index (κ2) is 6.01. The largest absolute Gasteiger partial charge is 0.439 e. The van der Waals surface area contributed by atoms with Crippen molar-refractivity contribution >= 4 is 16.8 Å². The maximum atomic E-state index is 13.0. The van der Waals surface area contributed by atoms with Gasteiger partial charge < -0.3 is 9.32 Å². The zero-order valence-corrected chi connectivity index (χ0v) is 12.8. The van der Waals surface area contributed by atoms with E-state index < -0.39 is 0 Å². The number of benzene rings is 2. The Morgan fingerprint density at radius 2 is 1.70 bits per heavy atom. The Labute approximate surface area is 134 Å². The topological polar surface area (TPSA) is 32.5 Å². The van der Waals surface area contributed by atoms with Gasteiger partial charge in [0.05, 0.1) is 6.54 Å². The Morgan fingerprint density at radius 3 is 2.43 bits per heavy atom. The number of nitrogens with zero attached hydrogens (tertiary/aromatic N) is 3. The van der Waals surface area contributed by atoms with Gasteiger partial charge in [0.25, 0.3) is 0 Å². The van der Waals surface area contributed by atoms with Crippen LogP contribution in [0.15, 0.2) is 52.9 Å². The molecule has 0 saturated carbocycles. The number of oxazole rings is 1. The number of hydrogen-bond acceptors (Lipinski definition) is 4. The van der Waals surface area contributed by atoms with E-state index >= 15 is 0 Å². The normalized spacial score (nSPS) is 16.1. The second-order valence-electron chi connectivity index (χ2n) is 5.81. The Balaban J connectivity index is 1.38. The minimum absolute atomic E-state index is 0.191. The molecule has 23 heavy (non-hydrogen) atoms. The van der Waals surface area contributed by atoms with E-state index in [1.807, 2.05) is 36.4 Å². The van der Waals surface area contributed by atoms with Crippen molar-refractivity contribution in [3.63, 3.8) is 0 Å². The number of para-hydroxylation sites is 2. The van der Waals surface area contributed by atoms with Gasteiger partial charge in [-0.15, -0.1) is 0 Å². The maximum Gasteiger partial charge on any atom is 0.209 e. The molecule has 2 heterocycles. The minimum Gasteiger partial charge on any atom is -0.439 e. The molecule has 4 rings (SSSR count). The van der Waals surface area contributed by atoms with Gasteiger partial charge in [-0.1, -0.05) is 12.1 Å². The molecule has 0 atom stereocenters. The van der Waals surface area contributed by atoms with E-state index in [1.165, 1.54) is 12.1 Å². The minimum atomic E-state index is -0.191. The Bertz CT molecular complexity index is 758. The summed E-state index contributed by atoms with van der Waals surface area (Å²) in [6, 6.07) is 14.5. The number of piperazine rings is 1. The number of fused-ring (bicyclic) bond motifs is 1. The molecule has 0 aliphatic carbocycles. The highest BCUT2D eigenvalue weighted by Gasteiger charge is 2.19. The fourth-order valence-corrected chi connectivity index (χ4v) is 2.99. The molecule has 1 saturated heterocycles. The number of rotatable bonds is 3. The molecule has 3 aromatic rings. The third-order valence-corrected chi connectivity index (χ3v) is 4.26. The molecule has 5 heteroatoms. The molecule has 1 aromatic heterocycles. The van der Waals surface area contributed by atoms with Crippen LogP contribution in [0.1, 0.15) is 5.89 Å². The standard InChI is InChI=1S/C18H18FN3O/c19-14-5-7-15(8-6-14)22-11-9-21(10-12-22)13-18-20-16-3-1-2-4-17(16)23-18/h1-8H,9-13H2. The van der Waals surface area contributed by atoms with Gasteiger partial charge in [-0.2, -0.15) is 0 Å². The fraction of sp³-hybridized carbons (Fsp3) is 0.278. The highest BCUT2D eigenvalue weighted by molar-refractivity contribution is 5.72. The van der Waals surface area contributed by atoms with E-state index in [4.69, 9.17) is 4.42 Å². The van der Waals surface area contributed by atoms with Gasteiger partial charge in [0, 0.05) is 31.9 Å². The maximum absolute atomic E-state index is 13.0. The fourth-order valence-electron chi connectivity index (χ4n) is 2.99. The predicted molar refractivity (Wildman–Crippen MR) is 87.9 cm³/mol. The Hall–Kier alpha value is -2.40. The summed E-state index contributed by atoms with van der Waals surface area (Å²) in [5, 5.41) is 0. The van der Waals surface area contributed by atoms with Crippen molar-refractivity contribution in [3.8, 4) is 0 Å². The van der Waals surface area contributed by atoms with Crippen LogP contribution in [0.25, 0.3) is 11.1 Å². The summed E-state index contributed by atoms with van der Waals surface area (Å²) in [4.78, 5) is 9.15. The van der Waals surface area contributed by atoms with E-state index in [2.05, 4.69) is 14.8 Å². The lowest BCUT2D eigenvalue weighted by Gasteiger charge is -2.35. The third kappa shape index (κ3) is 3.05. The molecular formula is C18H18FN3O. The summed E-state index contributed by atoms with van der Waals surface area (Å²) >= 11 is 0. The SMILES string of the molecule is Fc1ccc(N2CCN(Cc3nc4ccccc4o3)CC2)cc1. The van der Waals surface area contributed by atoms with Crippen molar-refractivity contribution in [2.75, 3.05) is 31.1 Å². The van der Waals surface area contributed by atoms with Gasteiger partial charge in [0.1, 0.15) is 11.3 Å². The molecule has 1 aliphatic rings. The van der Waals surface area contributed by atoms with Crippen molar-refractivity contribution in [1.29, 1.82) is 0 Å². The summed E-state index contributed by atoms with van der Waals surface area (Å²) in [5.41, 5.74) is 2.83. The summed E-state index contributed by atoms with van der Waals surface area (Å²) in [6.45, 7) is 4.45. The quantitative estimate of drug-likeness (QED) is 0.743. The lowest BCUT2D eigenvalue weighted by Crippen LogP contribution is -2.46. The zero-order valence-electron chi connectivity index (χ0n) is 12.8. The number of halogens is 1. The summed E-state index contributed by atoms with van der Waals surface area (Å²) in [7, 11) is 0. The second-order valence-corrected chi connectivity index (χ2v) is 5.81. The average molecular weight is 311 g/mol. The number of aromatic nitrogens is 1. The van der Waals surface area contributed by atoms with Crippen LogP contribution in [0.3, 0.4) is 0 Å². The van der Waals surface area contributed by atoms with Crippen molar-refractivity contribution in [1.82, 2.24) is 9.88 Å². The van der Waals surface area contributed by atoms with Crippen molar-refractivity contribution in [3.05, 3.63) is 60.2 Å². The van der Waals surface area contributed by atoms with Crippen LogP contribution in [0.2, 0.25) is 0 Å². The van der Waals surface area contributed by atoms with Gasteiger partial charge in [-0.25, -0.2) is 9.37 Å². The lowest BCUT2D eigenvalue weighted by atomic mass is 10.2. The van der Waals surface area contributed by atoms with Gasteiger partial charge in [-0.05, 0) is 36.4 Å². The average Bonchev–Trinajstić information content (AvgIpc) is 2.98. The Morgan fingerprint density at radius 1 is 0.957 bits per heavy atom. The molecule has 118 valence electrons. The smallest absolute Gasteiger partial charge is 0.209 e. The summed E-state index contributed by atoms with van der Waals surface area (Å²) in [6.07, 6.45) is 0. The lowest BCUT2D eigenvalue weighted by molar-refractivity contribution is 0.228. The number of hydrogen-bond donors (Lipinski definition) is 0. The molecule has 0 N–H and O–H groups in total. The third-order valence-electron chi connectivity index (χ3n) is 4.26. The molecule has 1 aliphatic heterocycles. The molecule has 0 amide bonds. The van der Waals surface area contributed by atoms with E-state index in [-0.39, 0.29) is 5.82 Å². The van der Waals surface area contributed by atoms with Gasteiger partial charge >= 0.3 is 0 Å². The van der Waals surface area contributed by atoms with Gasteiger partial charge in [-0.3, -0.25) is 4.90 Å². The van der Waals surface area contributed by atoms with Crippen molar-refractivity contribution in [2.45, 2.75) is 6.54 Å². The molecule has 0 spiro atoms. The number of anilines is 1. The van der Waals surface area contributed by atoms with E-state index in [0.29, 0.717) is 0 Å². The molecule has 0 bridgehead atoms. The Kier molecular flexibility index (Phi) is 3.71. The molecule has 1 fully saturated rings. The van der Waals surface area contributed by atoms with Crippen LogP contribution < -0.4 is 4.90 Å². The van der Waals surface area contributed by atoms with Crippen LogP contribution in [-0.2, 0) is 6.54 Å². The zero-order chi connectivity index (χ0) is 15.6. The molecule has 0 unspecified atom stereocenters. The first-order valence-electron chi connectivity index (χ1n) is 7.85. The molecule has 2 aromatic carbocycles. The summed E-state index contributed by atoms with van der Waals surface area (Å²) in [5.74, 6) is 0.574. The molecular weight excluding hydrogens is 293 g/mol. The highest BCUT2D eigenvalue weighted by atomic mass is 19.1. The predicted octanol–water partition coefficient (Wildman–Crippen LogP) is 3.29. The first-order valence-corrected chi connectivity index (χ1v) is 7.85. The van der Waals surface area contributed by atoms with E-state index in [0.717, 1.165) is 55.4 Å². The van der Waals surface area contributed by atoms with Crippen LogP contribution in [0.5, 0.6) is 0 Å². The van der Waals surface area contributed by atoms with Crippen LogP contribution >= 0.6 is 0 Å². The first kappa shape index (κ1) is 14.2. The highest BCUT2D eigenvalue weighted by Crippen LogP contribution is 2.19. The summed E-state index contributed by atoms with van der Waals surface area (Å²) < 4.78 is 18.8. The van der Waals surface area contributed by atoms with Crippen LogP contribution in [0, 0.1) is 5.82 Å². The monoisotopic (exact) mass is 311 g/mol. The van der Waals surface area contributed by atoms with Gasteiger partial charge in [0.15, 0.2) is 5.58 Å². The van der Waals surface area contributed by atoms with E-state index in [1.54, 1.807) is 0 Å². The van der Waals surface area contributed by atoms with Crippen molar-refractivity contribution < 1.29 is 8.81 Å². The first-order chi connectivity index (χ1) is 11.3. The van der Waals surface area contributed by atoms with Crippen LogP contribution in [-0.4, -0.2) is 36.1 Å². The molecule has 4 nitrogen and oxygen atoms in total.